The number of nitrogens with zero attached hydrogens (tertiary/aromatic N) is 3. The molecule has 0 unspecified atom stereocenters. The SMILES string of the molecule is C[C@H](Cc1ccc2c(c1)OCCn1cc(N3[C@H](C(F)F)COS3(=O)=O)nc1-2)C(N)=O. The van der Waals surface area contributed by atoms with Crippen LogP contribution in [0.1, 0.15) is 12.5 Å². The van der Waals surface area contributed by atoms with Crippen LogP contribution in [0.15, 0.2) is 24.4 Å². The Morgan fingerprint density at radius 3 is 2.87 bits per heavy atom. The van der Waals surface area contributed by atoms with E-state index in [4.69, 9.17) is 10.5 Å². The lowest BCUT2D eigenvalue weighted by molar-refractivity contribution is -0.121. The Balaban J connectivity index is 1.72. The minimum atomic E-state index is -4.35. The van der Waals surface area contributed by atoms with Crippen LogP contribution in [0.3, 0.4) is 0 Å². The zero-order valence-electron chi connectivity index (χ0n) is 16.0. The van der Waals surface area contributed by atoms with Gasteiger partial charge in [-0.05, 0) is 24.1 Å². The Hall–Kier alpha value is -2.73. The number of benzene rings is 1. The summed E-state index contributed by atoms with van der Waals surface area (Å²) < 4.78 is 63.6. The van der Waals surface area contributed by atoms with Gasteiger partial charge in [0.25, 0.3) is 6.43 Å². The summed E-state index contributed by atoms with van der Waals surface area (Å²) in [6.45, 7) is 1.71. The molecule has 0 bridgehead atoms. The summed E-state index contributed by atoms with van der Waals surface area (Å²) in [6.07, 6.45) is -1.09. The highest BCUT2D eigenvalue weighted by atomic mass is 32.2. The van der Waals surface area contributed by atoms with E-state index >= 15 is 0 Å². The fourth-order valence-corrected chi connectivity index (χ4v) is 4.73. The average molecular weight is 442 g/mol. The highest BCUT2D eigenvalue weighted by Gasteiger charge is 2.45. The molecule has 12 heteroatoms. The fraction of sp³-hybridized carbons (Fsp3) is 0.444. The Bertz CT molecular complexity index is 1090. The van der Waals surface area contributed by atoms with Gasteiger partial charge in [0, 0.05) is 12.1 Å². The predicted octanol–water partition coefficient (Wildman–Crippen LogP) is 1.32. The first-order valence-electron chi connectivity index (χ1n) is 9.27. The fourth-order valence-electron chi connectivity index (χ4n) is 3.51. The molecule has 1 aromatic heterocycles. The Morgan fingerprint density at radius 1 is 1.40 bits per heavy atom. The molecule has 3 heterocycles. The van der Waals surface area contributed by atoms with Crippen molar-refractivity contribution in [1.82, 2.24) is 9.55 Å². The van der Waals surface area contributed by atoms with Crippen molar-refractivity contribution in [2.45, 2.75) is 32.4 Å². The molecule has 2 aliphatic heterocycles. The van der Waals surface area contributed by atoms with E-state index in [9.17, 15) is 22.0 Å². The van der Waals surface area contributed by atoms with Gasteiger partial charge in [0.2, 0.25) is 5.91 Å². The normalized spacial score (nSPS) is 20.9. The average Bonchev–Trinajstić information content (AvgIpc) is 3.17. The summed E-state index contributed by atoms with van der Waals surface area (Å²) in [5.74, 6) is 0.00273. The Morgan fingerprint density at radius 2 is 2.17 bits per heavy atom. The third-order valence-corrected chi connectivity index (χ3v) is 6.49. The number of fused-ring (bicyclic) bond motifs is 3. The van der Waals surface area contributed by atoms with E-state index in [0.29, 0.717) is 34.4 Å². The maximum atomic E-state index is 13.3. The van der Waals surface area contributed by atoms with E-state index in [0.717, 1.165) is 5.56 Å². The van der Waals surface area contributed by atoms with Crippen LogP contribution in [0.2, 0.25) is 0 Å². The molecule has 0 aliphatic carbocycles. The number of halogens is 2. The van der Waals surface area contributed by atoms with Crippen LogP contribution >= 0.6 is 0 Å². The number of hydrogen-bond acceptors (Lipinski definition) is 6. The van der Waals surface area contributed by atoms with E-state index < -0.39 is 35.3 Å². The number of anilines is 1. The van der Waals surface area contributed by atoms with Crippen molar-refractivity contribution in [1.29, 1.82) is 0 Å². The topological polar surface area (TPSA) is 117 Å². The summed E-state index contributed by atoms with van der Waals surface area (Å²) in [7, 11) is -4.35. The Kier molecular flexibility index (Phi) is 5.14. The molecule has 1 amide bonds. The minimum absolute atomic E-state index is 0.132. The monoisotopic (exact) mass is 442 g/mol. The molecule has 0 saturated carbocycles. The van der Waals surface area contributed by atoms with Crippen LogP contribution < -0.4 is 14.8 Å². The lowest BCUT2D eigenvalue weighted by Gasteiger charge is -2.19. The second-order valence-electron chi connectivity index (χ2n) is 7.24. The first-order valence-corrected chi connectivity index (χ1v) is 10.6. The molecule has 162 valence electrons. The lowest BCUT2D eigenvalue weighted by Crippen LogP contribution is -2.39. The third kappa shape index (κ3) is 3.60. The van der Waals surface area contributed by atoms with E-state index in [1.54, 1.807) is 29.7 Å². The van der Waals surface area contributed by atoms with Crippen molar-refractivity contribution in [3.63, 3.8) is 0 Å². The molecule has 1 fully saturated rings. The number of carbonyl (C=O) groups is 1. The van der Waals surface area contributed by atoms with Gasteiger partial charge in [-0.2, -0.15) is 8.42 Å². The Labute approximate surface area is 171 Å². The summed E-state index contributed by atoms with van der Waals surface area (Å²) >= 11 is 0. The predicted molar refractivity (Wildman–Crippen MR) is 102 cm³/mol. The van der Waals surface area contributed by atoms with Crippen molar-refractivity contribution >= 4 is 22.0 Å². The van der Waals surface area contributed by atoms with Crippen LogP contribution in [0.25, 0.3) is 11.4 Å². The third-order valence-electron chi connectivity index (χ3n) is 5.11. The summed E-state index contributed by atoms with van der Waals surface area (Å²) in [5.41, 5.74) is 6.75. The van der Waals surface area contributed by atoms with Crippen molar-refractivity contribution in [3.8, 4) is 17.1 Å². The number of amides is 1. The van der Waals surface area contributed by atoms with E-state index in [1.165, 1.54) is 6.20 Å². The van der Waals surface area contributed by atoms with E-state index in [2.05, 4.69) is 9.17 Å². The number of alkyl halides is 2. The zero-order valence-corrected chi connectivity index (χ0v) is 16.8. The number of rotatable bonds is 5. The molecule has 2 aromatic rings. The molecule has 2 N–H and O–H groups in total. The standard InChI is InChI=1S/C18H20F2N4O5S/c1-10(17(21)25)6-11-2-3-12-14(7-11)28-5-4-23-8-15(22-18(12)23)24-13(16(19)20)9-29-30(24,26)27/h2-3,7-8,10,13,16H,4-6,9H2,1H3,(H2,21,25)/t10-,13+/m1/s1. The second kappa shape index (κ2) is 7.51. The molecule has 4 rings (SSSR count). The number of imidazole rings is 1. The summed E-state index contributed by atoms with van der Waals surface area (Å²) in [5, 5.41) is 0. The lowest BCUT2D eigenvalue weighted by atomic mass is 9.99. The van der Waals surface area contributed by atoms with Crippen LogP contribution in [0.4, 0.5) is 14.6 Å². The molecular weight excluding hydrogens is 422 g/mol. The van der Waals surface area contributed by atoms with Crippen LogP contribution in [-0.2, 0) is 32.2 Å². The first-order chi connectivity index (χ1) is 14.2. The number of nitrogens with two attached hydrogens (primary N) is 1. The maximum absolute atomic E-state index is 13.3. The largest absolute Gasteiger partial charge is 0.491 e. The number of primary amides is 1. The summed E-state index contributed by atoms with van der Waals surface area (Å²) in [6, 6.07) is 3.67. The van der Waals surface area contributed by atoms with Gasteiger partial charge in [-0.3, -0.25) is 8.98 Å². The zero-order chi connectivity index (χ0) is 21.6. The van der Waals surface area contributed by atoms with E-state index in [1.807, 2.05) is 0 Å². The molecular formula is C18H20F2N4O5S. The smallest absolute Gasteiger partial charge is 0.364 e. The number of aromatic nitrogens is 2. The summed E-state index contributed by atoms with van der Waals surface area (Å²) in [4.78, 5) is 15.7. The maximum Gasteiger partial charge on any atom is 0.364 e. The molecule has 2 atom stereocenters. The van der Waals surface area contributed by atoms with Crippen LogP contribution in [0, 0.1) is 5.92 Å². The quantitative estimate of drug-likeness (QED) is 0.747. The van der Waals surface area contributed by atoms with Gasteiger partial charge >= 0.3 is 10.3 Å². The molecule has 0 radical (unpaired) electrons. The molecule has 0 spiro atoms. The highest BCUT2D eigenvalue weighted by molar-refractivity contribution is 7.88. The van der Waals surface area contributed by atoms with Gasteiger partial charge in [-0.1, -0.05) is 13.0 Å². The van der Waals surface area contributed by atoms with Crippen molar-refractivity contribution in [3.05, 3.63) is 30.0 Å². The van der Waals surface area contributed by atoms with Gasteiger partial charge in [0.15, 0.2) is 5.82 Å². The van der Waals surface area contributed by atoms with Gasteiger partial charge in [0.05, 0.1) is 18.7 Å². The minimum Gasteiger partial charge on any atom is -0.491 e. The molecule has 30 heavy (non-hydrogen) atoms. The first kappa shape index (κ1) is 20.5. The molecule has 2 aliphatic rings. The second-order valence-corrected chi connectivity index (χ2v) is 8.73. The van der Waals surface area contributed by atoms with Gasteiger partial charge in [-0.15, -0.1) is 0 Å². The molecule has 1 saturated heterocycles. The van der Waals surface area contributed by atoms with Gasteiger partial charge in [0.1, 0.15) is 24.2 Å². The van der Waals surface area contributed by atoms with Crippen LogP contribution in [0.5, 0.6) is 5.75 Å². The number of hydrogen-bond donors (Lipinski definition) is 1. The van der Waals surface area contributed by atoms with Crippen molar-refractivity contribution in [2.75, 3.05) is 17.5 Å². The molecule has 9 nitrogen and oxygen atoms in total. The molecule has 1 aromatic carbocycles. The number of ether oxygens (including phenoxy) is 1. The van der Waals surface area contributed by atoms with E-state index in [-0.39, 0.29) is 18.3 Å². The van der Waals surface area contributed by atoms with Gasteiger partial charge < -0.3 is 15.0 Å². The van der Waals surface area contributed by atoms with Crippen molar-refractivity contribution in [2.24, 2.45) is 11.7 Å². The number of carbonyl (C=O) groups excluding carboxylic acids is 1. The van der Waals surface area contributed by atoms with Crippen LogP contribution in [-0.4, -0.2) is 49.6 Å². The van der Waals surface area contributed by atoms with Gasteiger partial charge in [-0.25, -0.2) is 18.1 Å². The van der Waals surface area contributed by atoms with Crippen molar-refractivity contribution < 1.29 is 30.9 Å². The highest BCUT2D eigenvalue weighted by Crippen LogP contribution is 2.37.